The second-order valence-electron chi connectivity index (χ2n) is 5.90. The number of ether oxygens (including phenoxy) is 1. The maximum atomic E-state index is 13.2. The van der Waals surface area contributed by atoms with Gasteiger partial charge in [-0.05, 0) is 42.6 Å². The van der Waals surface area contributed by atoms with E-state index in [9.17, 15) is 8.78 Å². The molecule has 2 rings (SSSR count). The lowest BCUT2D eigenvalue weighted by molar-refractivity contribution is 0.166. The Kier molecular flexibility index (Phi) is 7.31. The van der Waals surface area contributed by atoms with Crippen LogP contribution in [-0.2, 0) is 11.2 Å². The van der Waals surface area contributed by atoms with Gasteiger partial charge in [0.2, 0.25) is 0 Å². The van der Waals surface area contributed by atoms with Gasteiger partial charge in [0.15, 0.2) is 0 Å². The standard InChI is InChI=1S/C19H24F2N2O/c1-24-13-19(15-5-3-2-4-6-15)23-8-7-18(22)11-14-9-16(20)12-17(21)10-14/h2-6,9-10,12,18-19,23H,7-8,11,13,22H2,1H3/t18-,19+/m1/s1. The van der Waals surface area contributed by atoms with Gasteiger partial charge < -0.3 is 15.8 Å². The molecule has 2 aromatic carbocycles. The van der Waals surface area contributed by atoms with E-state index in [4.69, 9.17) is 10.5 Å². The predicted molar refractivity (Wildman–Crippen MR) is 91.7 cm³/mol. The molecule has 3 nitrogen and oxygen atoms in total. The van der Waals surface area contributed by atoms with Crippen LogP contribution in [0.1, 0.15) is 23.6 Å². The zero-order valence-corrected chi connectivity index (χ0v) is 13.8. The lowest BCUT2D eigenvalue weighted by atomic mass is 10.0. The molecule has 0 spiro atoms. The number of hydrogen-bond donors (Lipinski definition) is 2. The minimum absolute atomic E-state index is 0.0926. The minimum Gasteiger partial charge on any atom is -0.383 e. The first kappa shape index (κ1) is 18.5. The third kappa shape index (κ3) is 6.00. The summed E-state index contributed by atoms with van der Waals surface area (Å²) in [7, 11) is 1.67. The van der Waals surface area contributed by atoms with Crippen molar-refractivity contribution in [3.8, 4) is 0 Å². The lowest BCUT2D eigenvalue weighted by Crippen LogP contribution is -2.32. The van der Waals surface area contributed by atoms with Crippen LogP contribution in [-0.4, -0.2) is 26.3 Å². The van der Waals surface area contributed by atoms with E-state index in [1.165, 1.54) is 12.1 Å². The van der Waals surface area contributed by atoms with Gasteiger partial charge in [-0.3, -0.25) is 0 Å². The molecule has 130 valence electrons. The van der Waals surface area contributed by atoms with E-state index in [1.54, 1.807) is 7.11 Å². The third-order valence-electron chi connectivity index (χ3n) is 3.86. The van der Waals surface area contributed by atoms with Crippen LogP contribution >= 0.6 is 0 Å². The molecule has 5 heteroatoms. The van der Waals surface area contributed by atoms with E-state index in [-0.39, 0.29) is 12.1 Å². The summed E-state index contributed by atoms with van der Waals surface area (Å²) < 4.78 is 31.7. The quantitative estimate of drug-likeness (QED) is 0.740. The molecule has 0 unspecified atom stereocenters. The molecule has 3 N–H and O–H groups in total. The predicted octanol–water partition coefficient (Wildman–Crippen LogP) is 3.20. The van der Waals surface area contributed by atoms with Crippen molar-refractivity contribution in [2.75, 3.05) is 20.3 Å². The summed E-state index contributed by atoms with van der Waals surface area (Å²) in [4.78, 5) is 0. The van der Waals surface area contributed by atoms with Gasteiger partial charge in [-0.1, -0.05) is 30.3 Å². The number of nitrogens with two attached hydrogens (primary N) is 1. The summed E-state index contributed by atoms with van der Waals surface area (Å²) in [5.41, 5.74) is 7.82. The van der Waals surface area contributed by atoms with Crippen LogP contribution in [0, 0.1) is 11.6 Å². The van der Waals surface area contributed by atoms with Crippen LogP contribution < -0.4 is 11.1 Å². The average Bonchev–Trinajstić information content (AvgIpc) is 2.54. The molecule has 0 aliphatic rings. The molecule has 0 aromatic heterocycles. The monoisotopic (exact) mass is 334 g/mol. The Labute approximate surface area is 141 Å². The Morgan fingerprint density at radius 2 is 1.75 bits per heavy atom. The van der Waals surface area contributed by atoms with E-state index < -0.39 is 11.6 Å². The van der Waals surface area contributed by atoms with Crippen molar-refractivity contribution in [2.24, 2.45) is 5.73 Å². The molecule has 0 fully saturated rings. The molecular formula is C19H24F2N2O. The van der Waals surface area contributed by atoms with Crippen molar-refractivity contribution in [2.45, 2.75) is 24.9 Å². The second-order valence-corrected chi connectivity index (χ2v) is 5.90. The van der Waals surface area contributed by atoms with Crippen LogP contribution in [0.4, 0.5) is 8.78 Å². The Balaban J connectivity index is 1.83. The van der Waals surface area contributed by atoms with Crippen molar-refractivity contribution in [1.29, 1.82) is 0 Å². The first-order valence-corrected chi connectivity index (χ1v) is 8.06. The fraction of sp³-hybridized carbons (Fsp3) is 0.368. The molecule has 0 aliphatic heterocycles. The highest BCUT2D eigenvalue weighted by Gasteiger charge is 2.12. The summed E-state index contributed by atoms with van der Waals surface area (Å²) in [5.74, 6) is -1.14. The van der Waals surface area contributed by atoms with E-state index in [1.807, 2.05) is 30.3 Å². The highest BCUT2D eigenvalue weighted by molar-refractivity contribution is 5.20. The van der Waals surface area contributed by atoms with E-state index in [0.29, 0.717) is 31.6 Å². The summed E-state index contributed by atoms with van der Waals surface area (Å²) in [6.45, 7) is 1.26. The van der Waals surface area contributed by atoms with Crippen molar-refractivity contribution in [1.82, 2.24) is 5.32 Å². The Hall–Kier alpha value is -1.82. The maximum Gasteiger partial charge on any atom is 0.126 e. The molecule has 2 atom stereocenters. The summed E-state index contributed by atoms with van der Waals surface area (Å²) in [5, 5.41) is 3.42. The number of methoxy groups -OCH3 is 1. The highest BCUT2D eigenvalue weighted by atomic mass is 19.1. The molecule has 0 amide bonds. The van der Waals surface area contributed by atoms with Gasteiger partial charge in [-0.25, -0.2) is 8.78 Å². The molecule has 0 saturated heterocycles. The second kappa shape index (κ2) is 9.47. The SMILES string of the molecule is COC[C@H](NCC[C@@H](N)Cc1cc(F)cc(F)c1)c1ccccc1. The minimum atomic E-state index is -0.570. The third-order valence-corrected chi connectivity index (χ3v) is 3.86. The van der Waals surface area contributed by atoms with Gasteiger partial charge in [0.25, 0.3) is 0 Å². The topological polar surface area (TPSA) is 47.3 Å². The molecule has 0 heterocycles. The molecule has 0 saturated carbocycles. The van der Waals surface area contributed by atoms with Crippen molar-refractivity contribution in [3.05, 3.63) is 71.3 Å². The van der Waals surface area contributed by atoms with Crippen LogP contribution in [0.5, 0.6) is 0 Å². The van der Waals surface area contributed by atoms with Gasteiger partial charge in [0, 0.05) is 19.2 Å². The number of halogens is 2. The first-order valence-electron chi connectivity index (χ1n) is 8.06. The molecule has 0 radical (unpaired) electrons. The van der Waals surface area contributed by atoms with Crippen LogP contribution in [0.3, 0.4) is 0 Å². The molecular weight excluding hydrogens is 310 g/mol. The summed E-state index contributed by atoms with van der Waals surface area (Å²) >= 11 is 0. The van der Waals surface area contributed by atoms with Gasteiger partial charge in [0.05, 0.1) is 12.6 Å². The molecule has 0 bridgehead atoms. The smallest absolute Gasteiger partial charge is 0.126 e. The normalized spacial score (nSPS) is 13.7. The number of nitrogens with one attached hydrogen (secondary N) is 1. The van der Waals surface area contributed by atoms with Crippen molar-refractivity contribution >= 4 is 0 Å². The van der Waals surface area contributed by atoms with E-state index in [0.717, 1.165) is 11.6 Å². The van der Waals surface area contributed by atoms with Crippen molar-refractivity contribution < 1.29 is 13.5 Å². The van der Waals surface area contributed by atoms with E-state index in [2.05, 4.69) is 5.32 Å². The highest BCUT2D eigenvalue weighted by Crippen LogP contribution is 2.14. The van der Waals surface area contributed by atoms with Gasteiger partial charge in [-0.2, -0.15) is 0 Å². The Bertz CT molecular complexity index is 602. The van der Waals surface area contributed by atoms with Gasteiger partial charge in [-0.15, -0.1) is 0 Å². The lowest BCUT2D eigenvalue weighted by Gasteiger charge is -2.20. The molecule has 24 heavy (non-hydrogen) atoms. The zero-order valence-electron chi connectivity index (χ0n) is 13.8. The van der Waals surface area contributed by atoms with Crippen LogP contribution in [0.15, 0.2) is 48.5 Å². The molecule has 2 aromatic rings. The average molecular weight is 334 g/mol. The van der Waals surface area contributed by atoms with Gasteiger partial charge >= 0.3 is 0 Å². The fourth-order valence-corrected chi connectivity index (χ4v) is 2.70. The van der Waals surface area contributed by atoms with Crippen molar-refractivity contribution in [3.63, 3.8) is 0 Å². The largest absolute Gasteiger partial charge is 0.383 e. The first-order chi connectivity index (χ1) is 11.6. The fourth-order valence-electron chi connectivity index (χ4n) is 2.70. The van der Waals surface area contributed by atoms with E-state index >= 15 is 0 Å². The summed E-state index contributed by atoms with van der Waals surface area (Å²) in [6, 6.07) is 13.5. The molecule has 0 aliphatic carbocycles. The number of hydrogen-bond acceptors (Lipinski definition) is 3. The Morgan fingerprint density at radius 3 is 2.38 bits per heavy atom. The van der Waals surface area contributed by atoms with Crippen LogP contribution in [0.2, 0.25) is 0 Å². The summed E-state index contributed by atoms with van der Waals surface area (Å²) in [6.07, 6.45) is 1.14. The zero-order chi connectivity index (χ0) is 17.4. The number of rotatable bonds is 9. The number of benzene rings is 2. The Morgan fingerprint density at radius 1 is 1.08 bits per heavy atom. The van der Waals surface area contributed by atoms with Gasteiger partial charge in [0.1, 0.15) is 11.6 Å². The van der Waals surface area contributed by atoms with Crippen LogP contribution in [0.25, 0.3) is 0 Å². The maximum absolute atomic E-state index is 13.2.